The van der Waals surface area contributed by atoms with Gasteiger partial charge in [-0.1, -0.05) is 4.49 Å². The van der Waals surface area contributed by atoms with Gasteiger partial charge in [0.25, 0.3) is 10.0 Å². The number of hydrogen-bond donors (Lipinski definition) is 1. The van der Waals surface area contributed by atoms with Crippen LogP contribution in [0.25, 0.3) is 0 Å². The van der Waals surface area contributed by atoms with Crippen molar-refractivity contribution in [2.45, 2.75) is 4.90 Å². The van der Waals surface area contributed by atoms with Gasteiger partial charge in [-0.15, -0.1) is 5.10 Å². The van der Waals surface area contributed by atoms with Crippen LogP contribution in [0.4, 0.5) is 5.00 Å². The number of sulfonamides is 1. The fourth-order valence-electron chi connectivity index (χ4n) is 0.910. The van der Waals surface area contributed by atoms with Crippen LogP contribution in [0.3, 0.4) is 0 Å². The van der Waals surface area contributed by atoms with Crippen LogP contribution in [-0.2, 0) is 10.0 Å². The van der Waals surface area contributed by atoms with Gasteiger partial charge in [-0.05, 0) is 12.1 Å². The molecule has 2 heterocycles. The maximum atomic E-state index is 11.7. The van der Waals surface area contributed by atoms with Gasteiger partial charge in [0.1, 0.15) is 9.90 Å². The number of nitrogens with zero attached hydrogens (tertiary/aromatic N) is 3. The Labute approximate surface area is 90.2 Å². The van der Waals surface area contributed by atoms with E-state index in [0.717, 1.165) is 11.5 Å². The van der Waals surface area contributed by atoms with Gasteiger partial charge in [-0.2, -0.15) is 0 Å². The van der Waals surface area contributed by atoms with Crippen LogP contribution in [0.2, 0.25) is 0 Å². The highest BCUT2D eigenvalue weighted by Gasteiger charge is 2.14. The molecule has 1 N–H and O–H groups in total. The van der Waals surface area contributed by atoms with Gasteiger partial charge in [0.2, 0.25) is 0 Å². The summed E-state index contributed by atoms with van der Waals surface area (Å²) in [6.07, 6.45) is 4.13. The first kappa shape index (κ1) is 9.99. The van der Waals surface area contributed by atoms with E-state index in [1.807, 2.05) is 0 Å². The van der Waals surface area contributed by atoms with E-state index >= 15 is 0 Å². The zero-order chi connectivity index (χ0) is 10.7. The van der Waals surface area contributed by atoms with Crippen molar-refractivity contribution in [1.29, 1.82) is 0 Å². The largest absolute Gasteiger partial charge is 0.268 e. The van der Waals surface area contributed by atoms with Crippen LogP contribution in [0.15, 0.2) is 35.6 Å². The lowest BCUT2D eigenvalue weighted by atomic mass is 10.5. The molecule has 0 spiro atoms. The maximum absolute atomic E-state index is 11.7. The maximum Gasteiger partial charge on any atom is 0.264 e. The minimum absolute atomic E-state index is 0.110. The molecule has 0 fully saturated rings. The second-order valence-electron chi connectivity index (χ2n) is 2.58. The summed E-state index contributed by atoms with van der Waals surface area (Å²) in [6, 6.07) is 3.02. The summed E-state index contributed by atoms with van der Waals surface area (Å²) >= 11 is 0.973. The Bertz CT molecular complexity index is 523. The molecule has 0 aromatic carbocycles. The third kappa shape index (κ3) is 2.28. The molecule has 15 heavy (non-hydrogen) atoms. The highest BCUT2D eigenvalue weighted by atomic mass is 32.2. The molecule has 0 aliphatic carbocycles. The average molecular weight is 242 g/mol. The van der Waals surface area contributed by atoms with Crippen LogP contribution >= 0.6 is 11.5 Å². The number of hydrogen-bond acceptors (Lipinski definition) is 6. The molecule has 0 radical (unpaired) electrons. The number of nitrogens with one attached hydrogen (secondary N) is 1. The summed E-state index contributed by atoms with van der Waals surface area (Å²) in [5.74, 6) is 0. The molecular weight excluding hydrogens is 236 g/mol. The molecule has 0 bridgehead atoms. The lowest BCUT2D eigenvalue weighted by Gasteiger charge is -2.03. The van der Waals surface area contributed by atoms with Crippen molar-refractivity contribution in [1.82, 2.24) is 14.6 Å². The minimum atomic E-state index is -3.57. The Kier molecular flexibility index (Phi) is 2.60. The fourth-order valence-corrected chi connectivity index (χ4v) is 2.56. The summed E-state index contributed by atoms with van der Waals surface area (Å²) in [4.78, 5) is 3.84. The lowest BCUT2D eigenvalue weighted by molar-refractivity contribution is 0.601. The first-order chi connectivity index (χ1) is 7.18. The smallest absolute Gasteiger partial charge is 0.264 e. The molecule has 0 aliphatic rings. The van der Waals surface area contributed by atoms with E-state index < -0.39 is 10.0 Å². The second-order valence-corrected chi connectivity index (χ2v) is 5.04. The average Bonchev–Trinajstić information content (AvgIpc) is 2.71. The van der Waals surface area contributed by atoms with Gasteiger partial charge in [0.15, 0.2) is 0 Å². The van der Waals surface area contributed by atoms with E-state index in [0.29, 0.717) is 5.00 Å². The Morgan fingerprint density at radius 2 is 2.20 bits per heavy atom. The van der Waals surface area contributed by atoms with Gasteiger partial charge >= 0.3 is 0 Å². The number of pyridine rings is 1. The van der Waals surface area contributed by atoms with E-state index in [2.05, 4.69) is 19.3 Å². The first-order valence-electron chi connectivity index (χ1n) is 3.89. The Balaban J connectivity index is 2.29. The number of aromatic nitrogens is 3. The van der Waals surface area contributed by atoms with Gasteiger partial charge in [0, 0.05) is 23.9 Å². The molecule has 0 saturated heterocycles. The highest BCUT2D eigenvalue weighted by molar-refractivity contribution is 7.93. The summed E-state index contributed by atoms with van der Waals surface area (Å²) in [6.45, 7) is 0. The van der Waals surface area contributed by atoms with Gasteiger partial charge in [-0.25, -0.2) is 8.42 Å². The highest BCUT2D eigenvalue weighted by Crippen LogP contribution is 2.16. The third-order valence-corrected chi connectivity index (χ3v) is 3.60. The molecule has 0 aliphatic heterocycles. The zero-order valence-electron chi connectivity index (χ0n) is 7.36. The minimum Gasteiger partial charge on any atom is -0.268 e. The van der Waals surface area contributed by atoms with Crippen molar-refractivity contribution < 1.29 is 8.42 Å². The standard InChI is InChI=1S/C7H6N4O2S2/c12-15(13,6-2-1-3-8-4-6)10-7-5-9-11-14-7/h1-5,10H. The molecule has 2 rings (SSSR count). The van der Waals surface area contributed by atoms with Crippen molar-refractivity contribution in [3.8, 4) is 0 Å². The van der Waals surface area contributed by atoms with E-state index in [4.69, 9.17) is 0 Å². The molecule has 0 amide bonds. The molecule has 0 saturated carbocycles. The van der Waals surface area contributed by atoms with Crippen LogP contribution in [0.5, 0.6) is 0 Å². The SMILES string of the molecule is O=S(=O)(Nc1cnns1)c1cccnc1. The molecule has 6 nitrogen and oxygen atoms in total. The van der Waals surface area contributed by atoms with Gasteiger partial charge < -0.3 is 0 Å². The van der Waals surface area contributed by atoms with Crippen LogP contribution in [0.1, 0.15) is 0 Å². The first-order valence-corrected chi connectivity index (χ1v) is 6.14. The number of rotatable bonds is 3. The van der Waals surface area contributed by atoms with Crippen molar-refractivity contribution in [3.05, 3.63) is 30.7 Å². The van der Waals surface area contributed by atoms with E-state index in [-0.39, 0.29) is 4.90 Å². The number of anilines is 1. The van der Waals surface area contributed by atoms with Crippen molar-refractivity contribution in [3.63, 3.8) is 0 Å². The van der Waals surface area contributed by atoms with Crippen molar-refractivity contribution in [2.75, 3.05) is 4.72 Å². The molecule has 0 atom stereocenters. The van der Waals surface area contributed by atoms with E-state index in [1.165, 1.54) is 24.7 Å². The summed E-state index contributed by atoms with van der Waals surface area (Å²) in [5.41, 5.74) is 0. The molecule has 0 unspecified atom stereocenters. The Morgan fingerprint density at radius 3 is 2.80 bits per heavy atom. The normalized spacial score (nSPS) is 11.2. The zero-order valence-corrected chi connectivity index (χ0v) is 8.99. The fraction of sp³-hybridized carbons (Fsp3) is 0. The van der Waals surface area contributed by atoms with Gasteiger partial charge in [-0.3, -0.25) is 9.71 Å². The van der Waals surface area contributed by atoms with Crippen LogP contribution < -0.4 is 4.72 Å². The molecule has 2 aromatic heterocycles. The Hall–Kier alpha value is -1.54. The van der Waals surface area contributed by atoms with Crippen molar-refractivity contribution in [2.24, 2.45) is 0 Å². The molecular formula is C7H6N4O2S2. The quantitative estimate of drug-likeness (QED) is 0.857. The predicted octanol–water partition coefficient (Wildman–Crippen LogP) is 0.734. The summed E-state index contributed by atoms with van der Waals surface area (Å²) in [7, 11) is -3.57. The molecule has 2 aromatic rings. The third-order valence-electron chi connectivity index (χ3n) is 1.54. The van der Waals surface area contributed by atoms with E-state index in [1.54, 1.807) is 6.07 Å². The molecule has 78 valence electrons. The summed E-state index contributed by atoms with van der Waals surface area (Å²) in [5, 5.41) is 3.90. The van der Waals surface area contributed by atoms with Gasteiger partial charge in [0.05, 0.1) is 6.20 Å². The van der Waals surface area contributed by atoms with Crippen LogP contribution in [-0.4, -0.2) is 23.0 Å². The van der Waals surface area contributed by atoms with Crippen LogP contribution in [0, 0.1) is 0 Å². The topological polar surface area (TPSA) is 84.8 Å². The summed E-state index contributed by atoms with van der Waals surface area (Å²) < 4.78 is 29.3. The van der Waals surface area contributed by atoms with E-state index in [9.17, 15) is 8.42 Å². The second kappa shape index (κ2) is 3.91. The van der Waals surface area contributed by atoms with Crippen molar-refractivity contribution >= 4 is 26.6 Å². The Morgan fingerprint density at radius 1 is 1.33 bits per heavy atom. The monoisotopic (exact) mass is 242 g/mol. The predicted molar refractivity (Wildman–Crippen MR) is 55.0 cm³/mol. The molecule has 8 heteroatoms. The lowest BCUT2D eigenvalue weighted by Crippen LogP contribution is -2.12.